The van der Waals surface area contributed by atoms with E-state index in [0.29, 0.717) is 12.8 Å². The predicted molar refractivity (Wildman–Crippen MR) is 108 cm³/mol. The molecule has 2 heteroatoms. The highest BCUT2D eigenvalue weighted by atomic mass is 16.1. The first-order chi connectivity index (χ1) is 12.6. The van der Waals surface area contributed by atoms with E-state index < -0.39 is 0 Å². The van der Waals surface area contributed by atoms with E-state index in [2.05, 4.69) is 0 Å². The lowest BCUT2D eigenvalue weighted by Crippen LogP contribution is -1.99. The van der Waals surface area contributed by atoms with E-state index in [0.717, 1.165) is 49.7 Å². The van der Waals surface area contributed by atoms with Crippen molar-refractivity contribution in [1.82, 2.24) is 0 Å². The second kappa shape index (κ2) is 10.7. The SMILES string of the molecule is Cc1ccc(C(=O)CCCCCCCCC(=O)c2ccc(C)cc2)cc1. The standard InChI is InChI=1S/C24H30O2/c1-19-11-15-21(16-12-19)23(25)9-7-5-3-4-6-8-10-24(26)22-17-13-20(2)14-18-22/h11-18H,3-10H2,1-2H3. The third-order valence-electron chi connectivity index (χ3n) is 4.80. The van der Waals surface area contributed by atoms with Crippen LogP contribution in [0.4, 0.5) is 0 Å². The number of hydrogen-bond donors (Lipinski definition) is 0. The van der Waals surface area contributed by atoms with Gasteiger partial charge in [0, 0.05) is 24.0 Å². The highest BCUT2D eigenvalue weighted by Crippen LogP contribution is 2.14. The van der Waals surface area contributed by atoms with Crippen molar-refractivity contribution in [2.24, 2.45) is 0 Å². The van der Waals surface area contributed by atoms with E-state index in [9.17, 15) is 9.59 Å². The predicted octanol–water partition coefficient (Wildman–Crippen LogP) is 6.49. The summed E-state index contributed by atoms with van der Waals surface area (Å²) in [4.78, 5) is 24.2. The van der Waals surface area contributed by atoms with E-state index in [1.54, 1.807) is 0 Å². The van der Waals surface area contributed by atoms with Gasteiger partial charge >= 0.3 is 0 Å². The number of aryl methyl sites for hydroxylation is 2. The highest BCUT2D eigenvalue weighted by Gasteiger charge is 2.06. The molecular weight excluding hydrogens is 320 g/mol. The van der Waals surface area contributed by atoms with Crippen LogP contribution in [0, 0.1) is 13.8 Å². The molecule has 0 aliphatic rings. The van der Waals surface area contributed by atoms with Gasteiger partial charge in [-0.2, -0.15) is 0 Å². The monoisotopic (exact) mass is 350 g/mol. The van der Waals surface area contributed by atoms with Gasteiger partial charge in [0.25, 0.3) is 0 Å². The largest absolute Gasteiger partial charge is 0.294 e. The number of carbonyl (C=O) groups is 2. The highest BCUT2D eigenvalue weighted by molar-refractivity contribution is 5.96. The van der Waals surface area contributed by atoms with Crippen molar-refractivity contribution in [3.63, 3.8) is 0 Å². The Morgan fingerprint density at radius 1 is 0.538 bits per heavy atom. The summed E-state index contributed by atoms with van der Waals surface area (Å²) in [5.41, 5.74) is 4.01. The van der Waals surface area contributed by atoms with Crippen LogP contribution in [0.5, 0.6) is 0 Å². The maximum Gasteiger partial charge on any atom is 0.162 e. The molecule has 0 atom stereocenters. The van der Waals surface area contributed by atoms with E-state index in [-0.39, 0.29) is 11.6 Å². The first-order valence-corrected chi connectivity index (χ1v) is 9.76. The Bertz CT molecular complexity index is 632. The Labute approximate surface area is 157 Å². The fraction of sp³-hybridized carbons (Fsp3) is 0.417. The molecule has 0 spiro atoms. The molecule has 0 saturated heterocycles. The van der Waals surface area contributed by atoms with Gasteiger partial charge in [-0.05, 0) is 26.7 Å². The third-order valence-corrected chi connectivity index (χ3v) is 4.80. The maximum atomic E-state index is 12.1. The number of rotatable bonds is 11. The fourth-order valence-electron chi connectivity index (χ4n) is 3.05. The second-order valence-electron chi connectivity index (χ2n) is 7.20. The van der Waals surface area contributed by atoms with Crippen molar-refractivity contribution in [3.05, 3.63) is 70.8 Å². The number of benzene rings is 2. The minimum atomic E-state index is 0.244. The quantitative estimate of drug-likeness (QED) is 0.343. The summed E-state index contributed by atoms with van der Waals surface area (Å²) < 4.78 is 0. The zero-order valence-electron chi connectivity index (χ0n) is 16.1. The van der Waals surface area contributed by atoms with Crippen LogP contribution >= 0.6 is 0 Å². The summed E-state index contributed by atoms with van der Waals surface area (Å²) in [6.45, 7) is 4.06. The molecule has 2 aromatic carbocycles. The molecule has 2 nitrogen and oxygen atoms in total. The van der Waals surface area contributed by atoms with Crippen LogP contribution in [0.15, 0.2) is 48.5 Å². The topological polar surface area (TPSA) is 34.1 Å². The van der Waals surface area contributed by atoms with Crippen molar-refractivity contribution >= 4 is 11.6 Å². The number of carbonyl (C=O) groups excluding carboxylic acids is 2. The normalized spacial score (nSPS) is 10.7. The van der Waals surface area contributed by atoms with Gasteiger partial charge in [-0.15, -0.1) is 0 Å². The molecule has 0 unspecified atom stereocenters. The van der Waals surface area contributed by atoms with Crippen molar-refractivity contribution in [3.8, 4) is 0 Å². The molecule has 0 aliphatic heterocycles. The van der Waals surface area contributed by atoms with Gasteiger partial charge in [-0.3, -0.25) is 9.59 Å². The maximum absolute atomic E-state index is 12.1. The molecule has 0 aliphatic carbocycles. The van der Waals surface area contributed by atoms with Crippen LogP contribution in [0.1, 0.15) is 83.2 Å². The number of ketones is 2. The zero-order chi connectivity index (χ0) is 18.8. The minimum absolute atomic E-state index is 0.244. The average molecular weight is 351 g/mol. The molecule has 2 aromatic rings. The Hall–Kier alpha value is -2.22. The van der Waals surface area contributed by atoms with E-state index in [4.69, 9.17) is 0 Å². The van der Waals surface area contributed by atoms with Crippen LogP contribution in [0.25, 0.3) is 0 Å². The summed E-state index contributed by atoms with van der Waals surface area (Å²) >= 11 is 0. The van der Waals surface area contributed by atoms with Crippen LogP contribution < -0.4 is 0 Å². The Morgan fingerprint density at radius 2 is 0.846 bits per heavy atom. The lowest BCUT2D eigenvalue weighted by molar-refractivity contribution is 0.0969. The van der Waals surface area contributed by atoms with Crippen LogP contribution in [0.2, 0.25) is 0 Å². The first-order valence-electron chi connectivity index (χ1n) is 9.76. The summed E-state index contributed by atoms with van der Waals surface area (Å²) in [5, 5.41) is 0. The zero-order valence-corrected chi connectivity index (χ0v) is 16.1. The molecule has 0 radical (unpaired) electrons. The van der Waals surface area contributed by atoms with E-state index in [1.165, 1.54) is 11.1 Å². The lowest BCUT2D eigenvalue weighted by atomic mass is 10.0. The van der Waals surface area contributed by atoms with Gasteiger partial charge in [-0.25, -0.2) is 0 Å². The van der Waals surface area contributed by atoms with Gasteiger partial charge in [0.15, 0.2) is 11.6 Å². The van der Waals surface area contributed by atoms with Gasteiger partial charge in [0.2, 0.25) is 0 Å². The van der Waals surface area contributed by atoms with Crippen molar-refractivity contribution in [1.29, 1.82) is 0 Å². The molecule has 0 fully saturated rings. The molecule has 0 aromatic heterocycles. The molecule has 0 N–H and O–H groups in total. The van der Waals surface area contributed by atoms with Gasteiger partial charge in [-0.1, -0.05) is 85.3 Å². The average Bonchev–Trinajstić information content (AvgIpc) is 2.64. The van der Waals surface area contributed by atoms with Gasteiger partial charge in [0.05, 0.1) is 0 Å². The Balaban J connectivity index is 1.51. The van der Waals surface area contributed by atoms with Crippen LogP contribution in [0.3, 0.4) is 0 Å². The smallest absolute Gasteiger partial charge is 0.162 e. The molecule has 0 heterocycles. The summed E-state index contributed by atoms with van der Waals surface area (Å²) in [5.74, 6) is 0.488. The van der Waals surface area contributed by atoms with E-state index >= 15 is 0 Å². The van der Waals surface area contributed by atoms with Crippen LogP contribution in [-0.2, 0) is 0 Å². The summed E-state index contributed by atoms with van der Waals surface area (Å²) in [6, 6.07) is 15.6. The van der Waals surface area contributed by atoms with Crippen molar-refractivity contribution in [2.45, 2.75) is 65.2 Å². The lowest BCUT2D eigenvalue weighted by Gasteiger charge is -2.04. The Morgan fingerprint density at radius 3 is 1.19 bits per heavy atom. The van der Waals surface area contributed by atoms with Crippen molar-refractivity contribution < 1.29 is 9.59 Å². The first kappa shape index (κ1) is 20.1. The molecule has 138 valence electrons. The van der Waals surface area contributed by atoms with Crippen LogP contribution in [-0.4, -0.2) is 11.6 Å². The molecule has 26 heavy (non-hydrogen) atoms. The molecule has 2 rings (SSSR count). The summed E-state index contributed by atoms with van der Waals surface area (Å²) in [6.07, 6.45) is 7.63. The molecule has 0 bridgehead atoms. The van der Waals surface area contributed by atoms with Gasteiger partial charge in [0.1, 0.15) is 0 Å². The molecule has 0 amide bonds. The van der Waals surface area contributed by atoms with Gasteiger partial charge < -0.3 is 0 Å². The molecule has 0 saturated carbocycles. The van der Waals surface area contributed by atoms with Crippen molar-refractivity contribution in [2.75, 3.05) is 0 Å². The number of Topliss-reactive ketones (excluding diaryl/α,β-unsaturated/α-hetero) is 2. The Kier molecular flexibility index (Phi) is 8.27. The molecular formula is C24H30O2. The minimum Gasteiger partial charge on any atom is -0.294 e. The number of unbranched alkanes of at least 4 members (excludes halogenated alkanes) is 5. The second-order valence-corrected chi connectivity index (χ2v) is 7.20. The summed E-state index contributed by atoms with van der Waals surface area (Å²) in [7, 11) is 0. The fourth-order valence-corrected chi connectivity index (χ4v) is 3.05. The third kappa shape index (κ3) is 6.95. The number of hydrogen-bond acceptors (Lipinski definition) is 2. The van der Waals surface area contributed by atoms with E-state index in [1.807, 2.05) is 62.4 Å².